The van der Waals surface area contributed by atoms with E-state index in [4.69, 9.17) is 16.3 Å². The standard InChI is InChI=1S/C24H24ClNO/c25-19-10-11-23-21(14-19)22(15-24(27-23)12-3-4-13-24)26-16-18-8-5-7-17-6-1-2-9-20(17)18/h1-2,5-11,14,22,26H,3-4,12-13,15-16H2/t22-/m1/s1. The summed E-state index contributed by atoms with van der Waals surface area (Å²) in [7, 11) is 0. The first-order valence-electron chi connectivity index (χ1n) is 9.91. The Bertz CT molecular complexity index is 972. The molecule has 1 aliphatic heterocycles. The number of nitrogens with one attached hydrogen (secondary N) is 1. The van der Waals surface area contributed by atoms with Crippen molar-refractivity contribution in [2.75, 3.05) is 0 Å². The van der Waals surface area contributed by atoms with Crippen LogP contribution in [-0.4, -0.2) is 5.60 Å². The third-order valence-electron chi connectivity index (χ3n) is 6.18. The van der Waals surface area contributed by atoms with Gasteiger partial charge in [-0.15, -0.1) is 0 Å². The van der Waals surface area contributed by atoms with Crippen molar-refractivity contribution < 1.29 is 4.74 Å². The average Bonchev–Trinajstić information content (AvgIpc) is 3.14. The van der Waals surface area contributed by atoms with Gasteiger partial charge in [-0.25, -0.2) is 0 Å². The first-order chi connectivity index (χ1) is 13.2. The Labute approximate surface area is 165 Å². The van der Waals surface area contributed by atoms with Gasteiger partial charge in [-0.1, -0.05) is 54.1 Å². The van der Waals surface area contributed by atoms with E-state index >= 15 is 0 Å². The van der Waals surface area contributed by atoms with Crippen molar-refractivity contribution in [2.45, 2.75) is 50.3 Å². The topological polar surface area (TPSA) is 21.3 Å². The number of halogens is 1. The van der Waals surface area contributed by atoms with Gasteiger partial charge < -0.3 is 10.1 Å². The molecule has 5 rings (SSSR count). The summed E-state index contributed by atoms with van der Waals surface area (Å²) in [5.41, 5.74) is 2.53. The molecule has 1 spiro atoms. The molecule has 0 saturated heterocycles. The molecule has 0 bridgehead atoms. The first-order valence-corrected chi connectivity index (χ1v) is 10.3. The van der Waals surface area contributed by atoms with Gasteiger partial charge in [-0.05, 0) is 60.2 Å². The highest BCUT2D eigenvalue weighted by Gasteiger charge is 2.42. The molecule has 1 aliphatic carbocycles. The molecule has 1 N–H and O–H groups in total. The molecule has 27 heavy (non-hydrogen) atoms. The van der Waals surface area contributed by atoms with Crippen molar-refractivity contribution in [1.29, 1.82) is 0 Å². The highest BCUT2D eigenvalue weighted by atomic mass is 35.5. The van der Waals surface area contributed by atoms with Crippen molar-refractivity contribution >= 4 is 22.4 Å². The lowest BCUT2D eigenvalue weighted by Crippen LogP contribution is -2.42. The van der Waals surface area contributed by atoms with Crippen molar-refractivity contribution in [3.05, 3.63) is 76.8 Å². The van der Waals surface area contributed by atoms with E-state index in [0.717, 1.165) is 36.6 Å². The second kappa shape index (κ2) is 6.85. The van der Waals surface area contributed by atoms with Crippen LogP contribution in [0.4, 0.5) is 0 Å². The summed E-state index contributed by atoms with van der Waals surface area (Å²) in [5.74, 6) is 1.00. The van der Waals surface area contributed by atoms with Crippen LogP contribution in [0.3, 0.4) is 0 Å². The monoisotopic (exact) mass is 377 g/mol. The van der Waals surface area contributed by atoms with Gasteiger partial charge in [0.05, 0.1) is 0 Å². The van der Waals surface area contributed by atoms with Gasteiger partial charge >= 0.3 is 0 Å². The summed E-state index contributed by atoms with van der Waals surface area (Å²) in [6.07, 6.45) is 5.85. The number of fused-ring (bicyclic) bond motifs is 2. The maximum Gasteiger partial charge on any atom is 0.125 e. The van der Waals surface area contributed by atoms with E-state index in [-0.39, 0.29) is 11.6 Å². The van der Waals surface area contributed by atoms with Gasteiger partial charge in [-0.2, -0.15) is 0 Å². The van der Waals surface area contributed by atoms with E-state index in [2.05, 4.69) is 53.8 Å². The summed E-state index contributed by atoms with van der Waals surface area (Å²) in [5, 5.41) is 7.21. The maximum absolute atomic E-state index is 6.49. The van der Waals surface area contributed by atoms with E-state index in [1.54, 1.807) is 0 Å². The average molecular weight is 378 g/mol. The normalized spacial score (nSPS) is 20.6. The third-order valence-corrected chi connectivity index (χ3v) is 6.42. The molecule has 3 aromatic rings. The molecule has 3 aromatic carbocycles. The van der Waals surface area contributed by atoms with Gasteiger partial charge in [0.1, 0.15) is 11.4 Å². The maximum atomic E-state index is 6.49. The molecule has 1 saturated carbocycles. The molecule has 0 radical (unpaired) electrons. The molecule has 2 nitrogen and oxygen atoms in total. The van der Waals surface area contributed by atoms with Crippen LogP contribution in [-0.2, 0) is 6.54 Å². The fourth-order valence-electron chi connectivity index (χ4n) is 4.83. The summed E-state index contributed by atoms with van der Waals surface area (Å²) in [6, 6.07) is 21.5. The van der Waals surface area contributed by atoms with Crippen molar-refractivity contribution in [2.24, 2.45) is 0 Å². The van der Waals surface area contributed by atoms with Crippen LogP contribution in [0.15, 0.2) is 60.7 Å². The van der Waals surface area contributed by atoms with E-state index in [9.17, 15) is 0 Å². The summed E-state index contributed by atoms with van der Waals surface area (Å²) in [6.45, 7) is 0.841. The lowest BCUT2D eigenvalue weighted by Gasteiger charge is -2.40. The SMILES string of the molecule is Clc1ccc2c(c1)[C@H](NCc1cccc3ccccc13)CC1(CCCC1)O2. The molecule has 1 atom stereocenters. The largest absolute Gasteiger partial charge is 0.487 e. The van der Waals surface area contributed by atoms with Crippen LogP contribution in [0, 0.1) is 0 Å². The Kier molecular flexibility index (Phi) is 4.34. The van der Waals surface area contributed by atoms with Crippen LogP contribution in [0.5, 0.6) is 5.75 Å². The molecule has 0 aromatic heterocycles. The second-order valence-corrected chi connectivity index (χ2v) is 8.39. The molecule has 138 valence electrons. The Morgan fingerprint density at radius 2 is 1.81 bits per heavy atom. The predicted molar refractivity (Wildman–Crippen MR) is 111 cm³/mol. The highest BCUT2D eigenvalue weighted by Crippen LogP contribution is 2.47. The minimum Gasteiger partial charge on any atom is -0.487 e. The van der Waals surface area contributed by atoms with Gasteiger partial charge in [0.25, 0.3) is 0 Å². The number of rotatable bonds is 3. The lowest BCUT2D eigenvalue weighted by atomic mass is 9.85. The summed E-state index contributed by atoms with van der Waals surface area (Å²) >= 11 is 6.31. The number of ether oxygens (including phenoxy) is 1. The van der Waals surface area contributed by atoms with E-state index in [1.807, 2.05) is 12.1 Å². The second-order valence-electron chi connectivity index (χ2n) is 7.95. The summed E-state index contributed by atoms with van der Waals surface area (Å²) < 4.78 is 6.49. The first kappa shape index (κ1) is 17.1. The molecule has 2 aliphatic rings. The Morgan fingerprint density at radius 1 is 1.00 bits per heavy atom. The molecule has 0 unspecified atom stereocenters. The summed E-state index contributed by atoms with van der Waals surface area (Å²) in [4.78, 5) is 0. The molecule has 3 heteroatoms. The number of benzene rings is 3. The Balaban J connectivity index is 1.45. The van der Waals surface area contributed by atoms with E-state index in [1.165, 1.54) is 34.7 Å². The van der Waals surface area contributed by atoms with Crippen LogP contribution in [0.2, 0.25) is 5.02 Å². The molecule has 1 heterocycles. The fraction of sp³-hybridized carbons (Fsp3) is 0.333. The van der Waals surface area contributed by atoms with Gasteiger partial charge in [-0.3, -0.25) is 0 Å². The molecular formula is C24H24ClNO. The smallest absolute Gasteiger partial charge is 0.125 e. The molecule has 0 amide bonds. The molecule has 1 fully saturated rings. The zero-order chi connectivity index (χ0) is 18.3. The van der Waals surface area contributed by atoms with Crippen molar-refractivity contribution in [3.8, 4) is 5.75 Å². The minimum absolute atomic E-state index is 0.00273. The number of hydrogen-bond donors (Lipinski definition) is 1. The van der Waals surface area contributed by atoms with Gasteiger partial charge in [0.2, 0.25) is 0 Å². The van der Waals surface area contributed by atoms with Crippen LogP contribution >= 0.6 is 11.6 Å². The van der Waals surface area contributed by atoms with E-state index < -0.39 is 0 Å². The van der Waals surface area contributed by atoms with Gasteiger partial charge in [0, 0.05) is 29.6 Å². The number of hydrogen-bond acceptors (Lipinski definition) is 2. The van der Waals surface area contributed by atoms with Crippen molar-refractivity contribution in [3.63, 3.8) is 0 Å². The van der Waals surface area contributed by atoms with Gasteiger partial charge in [0.15, 0.2) is 0 Å². The third kappa shape index (κ3) is 3.22. The highest BCUT2D eigenvalue weighted by molar-refractivity contribution is 6.30. The van der Waals surface area contributed by atoms with Crippen molar-refractivity contribution in [1.82, 2.24) is 5.32 Å². The Morgan fingerprint density at radius 3 is 2.70 bits per heavy atom. The Hall–Kier alpha value is -2.03. The minimum atomic E-state index is -0.00273. The fourth-order valence-corrected chi connectivity index (χ4v) is 5.01. The van der Waals surface area contributed by atoms with Crippen LogP contribution in [0.1, 0.15) is 49.3 Å². The zero-order valence-electron chi connectivity index (χ0n) is 15.4. The predicted octanol–water partition coefficient (Wildman–Crippen LogP) is 6.42. The quantitative estimate of drug-likeness (QED) is 0.568. The lowest BCUT2D eigenvalue weighted by molar-refractivity contribution is 0.0365. The zero-order valence-corrected chi connectivity index (χ0v) is 16.1. The van der Waals surface area contributed by atoms with Crippen LogP contribution in [0.25, 0.3) is 10.8 Å². The van der Waals surface area contributed by atoms with E-state index in [0.29, 0.717) is 0 Å². The van der Waals surface area contributed by atoms with Crippen LogP contribution < -0.4 is 10.1 Å². The molecular weight excluding hydrogens is 354 g/mol.